The highest BCUT2D eigenvalue weighted by molar-refractivity contribution is 7.09. The van der Waals surface area contributed by atoms with Gasteiger partial charge in [0.2, 0.25) is 0 Å². The standard InChI is InChI=1S/C19H27N3S/c20-11-5-12-21-13-9-18(10-14-21)22(16-19-8-4-15-23-19)17-6-2-1-3-7-17/h1-4,6-8,15,18H,5,9-14,16,20H2. The van der Waals surface area contributed by atoms with Crippen molar-refractivity contribution in [2.45, 2.75) is 31.8 Å². The average Bonchev–Trinajstić information content (AvgIpc) is 3.12. The zero-order valence-electron chi connectivity index (χ0n) is 13.7. The summed E-state index contributed by atoms with van der Waals surface area (Å²) in [5.41, 5.74) is 6.99. The summed E-state index contributed by atoms with van der Waals surface area (Å²) < 4.78 is 0. The van der Waals surface area contributed by atoms with Crippen molar-refractivity contribution in [3.8, 4) is 0 Å². The molecule has 1 fully saturated rings. The molecule has 2 heterocycles. The first-order chi connectivity index (χ1) is 11.4. The smallest absolute Gasteiger partial charge is 0.0525 e. The Morgan fingerprint density at radius 1 is 1.09 bits per heavy atom. The van der Waals surface area contributed by atoms with Gasteiger partial charge in [-0.2, -0.15) is 0 Å². The van der Waals surface area contributed by atoms with Crippen molar-refractivity contribution in [3.05, 3.63) is 52.7 Å². The van der Waals surface area contributed by atoms with E-state index in [0.717, 1.165) is 26.1 Å². The van der Waals surface area contributed by atoms with E-state index in [4.69, 9.17) is 5.73 Å². The first kappa shape index (κ1) is 16.5. The van der Waals surface area contributed by atoms with E-state index in [-0.39, 0.29) is 0 Å². The Hall–Kier alpha value is -1.36. The van der Waals surface area contributed by atoms with Gasteiger partial charge in [-0.3, -0.25) is 0 Å². The molecule has 1 aliphatic rings. The average molecular weight is 330 g/mol. The molecule has 1 saturated heterocycles. The van der Waals surface area contributed by atoms with Gasteiger partial charge in [-0.15, -0.1) is 11.3 Å². The molecule has 3 rings (SSSR count). The van der Waals surface area contributed by atoms with Crippen LogP contribution in [-0.4, -0.2) is 37.1 Å². The van der Waals surface area contributed by atoms with Gasteiger partial charge in [0.1, 0.15) is 0 Å². The van der Waals surface area contributed by atoms with E-state index >= 15 is 0 Å². The largest absolute Gasteiger partial charge is 0.363 e. The zero-order valence-corrected chi connectivity index (χ0v) is 14.5. The lowest BCUT2D eigenvalue weighted by Gasteiger charge is -2.39. The van der Waals surface area contributed by atoms with E-state index in [9.17, 15) is 0 Å². The number of anilines is 1. The summed E-state index contributed by atoms with van der Waals surface area (Å²) in [4.78, 5) is 6.61. The van der Waals surface area contributed by atoms with Crippen LogP contribution in [0.25, 0.3) is 0 Å². The van der Waals surface area contributed by atoms with Crippen LogP contribution in [0, 0.1) is 0 Å². The van der Waals surface area contributed by atoms with Gasteiger partial charge in [0.05, 0.1) is 6.54 Å². The Morgan fingerprint density at radius 3 is 2.52 bits per heavy atom. The van der Waals surface area contributed by atoms with Crippen LogP contribution in [-0.2, 0) is 6.54 Å². The van der Waals surface area contributed by atoms with Crippen LogP contribution >= 0.6 is 11.3 Å². The first-order valence-corrected chi connectivity index (χ1v) is 9.51. The second-order valence-electron chi connectivity index (χ2n) is 6.26. The number of para-hydroxylation sites is 1. The SMILES string of the molecule is NCCCN1CCC(N(Cc2cccs2)c2ccccc2)CC1. The fourth-order valence-electron chi connectivity index (χ4n) is 3.39. The van der Waals surface area contributed by atoms with Crippen LogP contribution in [0.1, 0.15) is 24.1 Å². The molecule has 3 nitrogen and oxygen atoms in total. The minimum atomic E-state index is 0.633. The Morgan fingerprint density at radius 2 is 1.87 bits per heavy atom. The predicted octanol–water partition coefficient (Wildman–Crippen LogP) is 3.57. The van der Waals surface area contributed by atoms with E-state index in [0.29, 0.717) is 6.04 Å². The molecule has 4 heteroatoms. The van der Waals surface area contributed by atoms with Gasteiger partial charge in [-0.1, -0.05) is 24.3 Å². The van der Waals surface area contributed by atoms with E-state index < -0.39 is 0 Å². The van der Waals surface area contributed by atoms with Gasteiger partial charge < -0.3 is 15.5 Å². The Kier molecular flexibility index (Phi) is 6.08. The fraction of sp³-hybridized carbons (Fsp3) is 0.474. The summed E-state index contributed by atoms with van der Waals surface area (Å²) in [6.45, 7) is 5.36. The van der Waals surface area contributed by atoms with Crippen LogP contribution in [0.15, 0.2) is 47.8 Å². The van der Waals surface area contributed by atoms with Crippen LogP contribution < -0.4 is 10.6 Å². The van der Waals surface area contributed by atoms with Crippen molar-refractivity contribution in [1.82, 2.24) is 4.90 Å². The molecule has 0 unspecified atom stereocenters. The third-order valence-corrected chi connectivity index (χ3v) is 5.53. The second kappa shape index (κ2) is 8.48. The lowest BCUT2D eigenvalue weighted by atomic mass is 10.0. The Balaban J connectivity index is 1.67. The number of rotatable bonds is 7. The molecule has 124 valence electrons. The van der Waals surface area contributed by atoms with Gasteiger partial charge in [-0.25, -0.2) is 0 Å². The number of nitrogens with zero attached hydrogens (tertiary/aromatic N) is 2. The van der Waals surface area contributed by atoms with Gasteiger partial charge in [0, 0.05) is 29.7 Å². The normalized spacial score (nSPS) is 16.6. The second-order valence-corrected chi connectivity index (χ2v) is 7.29. The molecule has 0 aliphatic carbocycles. The van der Waals surface area contributed by atoms with Crippen molar-refractivity contribution >= 4 is 17.0 Å². The van der Waals surface area contributed by atoms with E-state index in [1.807, 2.05) is 11.3 Å². The fourth-order valence-corrected chi connectivity index (χ4v) is 4.09. The molecule has 2 N–H and O–H groups in total. The summed E-state index contributed by atoms with van der Waals surface area (Å²) >= 11 is 1.86. The monoisotopic (exact) mass is 329 g/mol. The minimum absolute atomic E-state index is 0.633. The van der Waals surface area contributed by atoms with Crippen LogP contribution in [0.3, 0.4) is 0 Å². The van der Waals surface area contributed by atoms with Crippen molar-refractivity contribution in [2.75, 3.05) is 31.1 Å². The van der Waals surface area contributed by atoms with Crippen molar-refractivity contribution in [1.29, 1.82) is 0 Å². The molecule has 2 aromatic rings. The molecule has 1 aliphatic heterocycles. The third-order valence-electron chi connectivity index (χ3n) is 4.67. The molecule has 0 spiro atoms. The highest BCUT2D eigenvalue weighted by Crippen LogP contribution is 2.26. The maximum atomic E-state index is 5.64. The lowest BCUT2D eigenvalue weighted by molar-refractivity contribution is 0.207. The van der Waals surface area contributed by atoms with E-state index in [1.54, 1.807) is 0 Å². The predicted molar refractivity (Wildman–Crippen MR) is 100 cm³/mol. The molecular formula is C19H27N3S. The molecule has 1 aromatic carbocycles. The van der Waals surface area contributed by atoms with Crippen LogP contribution in [0.2, 0.25) is 0 Å². The van der Waals surface area contributed by atoms with Crippen molar-refractivity contribution in [3.63, 3.8) is 0 Å². The molecule has 0 bridgehead atoms. The maximum Gasteiger partial charge on any atom is 0.0525 e. The number of likely N-dealkylation sites (tertiary alicyclic amines) is 1. The zero-order chi connectivity index (χ0) is 15.9. The molecule has 0 atom stereocenters. The van der Waals surface area contributed by atoms with Gasteiger partial charge >= 0.3 is 0 Å². The number of hydrogen-bond acceptors (Lipinski definition) is 4. The Labute approximate surface area is 143 Å². The number of nitrogens with two attached hydrogens (primary N) is 1. The molecule has 23 heavy (non-hydrogen) atoms. The van der Waals surface area contributed by atoms with Gasteiger partial charge in [0.25, 0.3) is 0 Å². The molecular weight excluding hydrogens is 302 g/mol. The number of thiophene rings is 1. The van der Waals surface area contributed by atoms with E-state index in [2.05, 4.69) is 57.6 Å². The summed E-state index contributed by atoms with van der Waals surface area (Å²) in [5, 5.41) is 2.17. The van der Waals surface area contributed by atoms with Crippen LogP contribution in [0.4, 0.5) is 5.69 Å². The summed E-state index contributed by atoms with van der Waals surface area (Å²) in [7, 11) is 0. The first-order valence-electron chi connectivity index (χ1n) is 8.63. The molecule has 1 aromatic heterocycles. The van der Waals surface area contributed by atoms with Crippen LogP contribution in [0.5, 0.6) is 0 Å². The highest BCUT2D eigenvalue weighted by Gasteiger charge is 2.24. The van der Waals surface area contributed by atoms with Gasteiger partial charge in [-0.05, 0) is 55.9 Å². The van der Waals surface area contributed by atoms with Crippen molar-refractivity contribution < 1.29 is 0 Å². The number of benzene rings is 1. The summed E-state index contributed by atoms with van der Waals surface area (Å²) in [6, 6.07) is 15.9. The molecule has 0 saturated carbocycles. The molecule has 0 amide bonds. The highest BCUT2D eigenvalue weighted by atomic mass is 32.1. The molecule has 0 radical (unpaired) electrons. The quantitative estimate of drug-likeness (QED) is 0.843. The van der Waals surface area contributed by atoms with Gasteiger partial charge in [0.15, 0.2) is 0 Å². The number of piperidine rings is 1. The minimum Gasteiger partial charge on any atom is -0.363 e. The summed E-state index contributed by atoms with van der Waals surface area (Å²) in [6.07, 6.45) is 3.60. The van der Waals surface area contributed by atoms with Crippen molar-refractivity contribution in [2.24, 2.45) is 5.73 Å². The number of hydrogen-bond donors (Lipinski definition) is 1. The third kappa shape index (κ3) is 4.56. The van der Waals surface area contributed by atoms with E-state index in [1.165, 1.54) is 36.5 Å². The maximum absolute atomic E-state index is 5.64. The topological polar surface area (TPSA) is 32.5 Å². The summed E-state index contributed by atoms with van der Waals surface area (Å²) in [5.74, 6) is 0. The Bertz CT molecular complexity index is 547. The lowest BCUT2D eigenvalue weighted by Crippen LogP contribution is -2.45.